The van der Waals surface area contributed by atoms with E-state index in [0.29, 0.717) is 47.9 Å². The second-order valence-electron chi connectivity index (χ2n) is 9.32. The van der Waals surface area contributed by atoms with Crippen LogP contribution in [-0.2, 0) is 22.5 Å². The van der Waals surface area contributed by atoms with Crippen molar-refractivity contribution >= 4 is 41.7 Å². The molecule has 1 heterocycles. The first-order chi connectivity index (χ1) is 19.4. The molecule has 3 aromatic carbocycles. The highest BCUT2D eigenvalue weighted by Gasteiger charge is 2.13. The molecular weight excluding hydrogens is 583 g/mol. The van der Waals surface area contributed by atoms with Gasteiger partial charge >= 0.3 is 5.97 Å². The lowest BCUT2D eigenvalue weighted by Crippen LogP contribution is -2.41. The fourth-order valence-corrected chi connectivity index (χ4v) is 4.03. The van der Waals surface area contributed by atoms with Crippen molar-refractivity contribution in [1.82, 2.24) is 10.3 Å². The summed E-state index contributed by atoms with van der Waals surface area (Å²) in [6.45, 7) is 3.65. The molecule has 9 nitrogen and oxygen atoms in total. The van der Waals surface area contributed by atoms with Crippen LogP contribution in [0.1, 0.15) is 25.1 Å². The topological polar surface area (TPSA) is 119 Å². The fourth-order valence-electron chi connectivity index (χ4n) is 4.03. The zero-order valence-electron chi connectivity index (χ0n) is 23.4. The van der Waals surface area contributed by atoms with Gasteiger partial charge in [-0.1, -0.05) is 37.3 Å². The molecule has 3 N–H and O–H groups in total. The van der Waals surface area contributed by atoms with Crippen molar-refractivity contribution < 1.29 is 34.3 Å². The second kappa shape index (κ2) is 17.4. The molecule has 2 atom stereocenters. The van der Waals surface area contributed by atoms with Crippen molar-refractivity contribution in [3.8, 4) is 23.0 Å². The number of aliphatic hydroxyl groups excluding tert-OH is 2. The summed E-state index contributed by atoms with van der Waals surface area (Å²) in [4.78, 5) is 25.4. The SMILES string of the molecule is CCc1cc(Oc2ccc(C[C@@H](CO)NC[C@H](O)COc3ccccc3)cc2)c2ccc(OOC(C)=O)cc2n1.Cl.Cl. The molecule has 0 spiro atoms. The van der Waals surface area contributed by atoms with Crippen LogP contribution < -0.4 is 19.7 Å². The number of rotatable bonds is 14. The Labute approximate surface area is 257 Å². The highest BCUT2D eigenvalue weighted by atomic mass is 35.5. The van der Waals surface area contributed by atoms with Gasteiger partial charge in [0.2, 0.25) is 0 Å². The Hall–Kier alpha value is -3.60. The lowest BCUT2D eigenvalue weighted by molar-refractivity contribution is -0.210. The molecule has 0 aliphatic heterocycles. The van der Waals surface area contributed by atoms with E-state index in [9.17, 15) is 15.0 Å². The average molecular weight is 620 g/mol. The summed E-state index contributed by atoms with van der Waals surface area (Å²) >= 11 is 0. The Morgan fingerprint density at radius 2 is 1.67 bits per heavy atom. The largest absolute Gasteiger partial charge is 0.491 e. The third-order valence-electron chi connectivity index (χ3n) is 6.10. The number of para-hydroxylation sites is 1. The van der Waals surface area contributed by atoms with Gasteiger partial charge in [-0.25, -0.2) is 4.79 Å². The number of benzene rings is 3. The molecule has 1 aromatic heterocycles. The molecule has 42 heavy (non-hydrogen) atoms. The molecule has 4 aromatic rings. The Balaban J connectivity index is 0.00000308. The molecule has 0 saturated heterocycles. The van der Waals surface area contributed by atoms with Gasteiger partial charge in [0.25, 0.3) is 0 Å². The molecule has 0 amide bonds. The third-order valence-corrected chi connectivity index (χ3v) is 6.10. The normalized spacial score (nSPS) is 11.9. The highest BCUT2D eigenvalue weighted by molar-refractivity contribution is 5.87. The molecule has 0 unspecified atom stereocenters. The minimum Gasteiger partial charge on any atom is -0.491 e. The van der Waals surface area contributed by atoms with Crippen LogP contribution in [0.3, 0.4) is 0 Å². The van der Waals surface area contributed by atoms with Gasteiger partial charge < -0.3 is 25.0 Å². The number of aryl methyl sites for hydroxylation is 1. The maximum atomic E-state index is 11.1. The predicted molar refractivity (Wildman–Crippen MR) is 165 cm³/mol. The van der Waals surface area contributed by atoms with E-state index in [1.165, 1.54) is 6.92 Å². The average Bonchev–Trinajstić information content (AvgIpc) is 2.98. The number of pyridine rings is 1. The van der Waals surface area contributed by atoms with E-state index in [-0.39, 0.29) is 44.1 Å². The maximum absolute atomic E-state index is 11.1. The Morgan fingerprint density at radius 1 is 0.952 bits per heavy atom. The number of halogens is 2. The van der Waals surface area contributed by atoms with Crippen LogP contribution in [0.2, 0.25) is 0 Å². The van der Waals surface area contributed by atoms with Crippen molar-refractivity contribution in [3.63, 3.8) is 0 Å². The summed E-state index contributed by atoms with van der Waals surface area (Å²) in [5, 5.41) is 24.1. The first kappa shape index (κ1) is 34.6. The van der Waals surface area contributed by atoms with Crippen LogP contribution in [0.25, 0.3) is 10.9 Å². The van der Waals surface area contributed by atoms with Crippen LogP contribution in [0.15, 0.2) is 78.9 Å². The number of aromatic nitrogens is 1. The summed E-state index contributed by atoms with van der Waals surface area (Å²) in [7, 11) is 0. The molecule has 0 bridgehead atoms. The van der Waals surface area contributed by atoms with Gasteiger partial charge in [-0.3, -0.25) is 14.8 Å². The first-order valence-electron chi connectivity index (χ1n) is 13.2. The van der Waals surface area contributed by atoms with Crippen molar-refractivity contribution in [3.05, 3.63) is 90.1 Å². The number of fused-ring (bicyclic) bond motifs is 1. The summed E-state index contributed by atoms with van der Waals surface area (Å²) in [6.07, 6.45) is 0.576. The molecule has 0 fully saturated rings. The van der Waals surface area contributed by atoms with Gasteiger partial charge in [0.1, 0.15) is 30.0 Å². The van der Waals surface area contributed by atoms with Gasteiger partial charge in [-0.2, -0.15) is 0 Å². The summed E-state index contributed by atoms with van der Waals surface area (Å²) in [5.41, 5.74) is 2.51. The third kappa shape index (κ3) is 10.3. The quantitative estimate of drug-likeness (QED) is 0.129. The van der Waals surface area contributed by atoms with E-state index in [4.69, 9.17) is 14.4 Å². The van der Waals surface area contributed by atoms with Crippen molar-refractivity contribution in [2.24, 2.45) is 0 Å². The standard InChI is InChI=1S/C31H34N2O7.2ClH/c1-3-23-16-31(29-14-13-28(17-30(29)33-23)40-39-21(2)35)38-27-11-9-22(10-12-27)15-24(19-34)32-18-25(36)20-37-26-7-5-4-6-8-26;;/h4-14,16-17,24-25,32,34,36H,3,15,18-20H2,1-2H3;2*1H/t24-,25-;;/m0../s1. The van der Waals surface area contributed by atoms with Crippen molar-refractivity contribution in [2.45, 2.75) is 38.8 Å². The van der Waals surface area contributed by atoms with Gasteiger partial charge in [-0.05, 0) is 54.8 Å². The van der Waals surface area contributed by atoms with E-state index in [0.717, 1.165) is 16.6 Å². The Kier molecular flexibility index (Phi) is 14.3. The zero-order chi connectivity index (χ0) is 28.3. The van der Waals surface area contributed by atoms with E-state index >= 15 is 0 Å². The van der Waals surface area contributed by atoms with Crippen molar-refractivity contribution in [1.29, 1.82) is 0 Å². The van der Waals surface area contributed by atoms with Crippen LogP contribution in [0.5, 0.6) is 23.0 Å². The number of nitrogens with one attached hydrogen (secondary N) is 1. The molecule has 4 rings (SSSR count). The number of hydrogen-bond donors (Lipinski definition) is 3. The summed E-state index contributed by atoms with van der Waals surface area (Å²) < 4.78 is 11.8. The Morgan fingerprint density at radius 3 is 2.33 bits per heavy atom. The lowest BCUT2D eigenvalue weighted by atomic mass is 10.1. The molecule has 0 aliphatic carbocycles. The molecular formula is C31H36Cl2N2O7. The molecule has 11 heteroatoms. The number of nitrogens with zero attached hydrogens (tertiary/aromatic N) is 1. The van der Waals surface area contributed by atoms with Crippen LogP contribution in [0, 0.1) is 0 Å². The number of hydrogen-bond acceptors (Lipinski definition) is 9. The molecule has 0 aliphatic rings. The summed E-state index contributed by atoms with van der Waals surface area (Å²) in [5.74, 6) is 1.82. The number of ether oxygens (including phenoxy) is 2. The molecule has 226 valence electrons. The van der Waals surface area contributed by atoms with Crippen LogP contribution in [0.4, 0.5) is 0 Å². The minimum atomic E-state index is -0.711. The molecule has 0 radical (unpaired) electrons. The number of carbonyl (C=O) groups is 1. The summed E-state index contributed by atoms with van der Waals surface area (Å²) in [6, 6.07) is 23.8. The predicted octanol–water partition coefficient (Wildman–Crippen LogP) is 5.22. The van der Waals surface area contributed by atoms with E-state index in [1.807, 2.05) is 67.6 Å². The van der Waals surface area contributed by atoms with Crippen molar-refractivity contribution in [2.75, 3.05) is 19.8 Å². The lowest BCUT2D eigenvalue weighted by Gasteiger charge is -2.19. The highest BCUT2D eigenvalue weighted by Crippen LogP contribution is 2.32. The molecule has 0 saturated carbocycles. The zero-order valence-corrected chi connectivity index (χ0v) is 25.0. The van der Waals surface area contributed by atoms with E-state index < -0.39 is 12.1 Å². The van der Waals surface area contributed by atoms with E-state index in [2.05, 4.69) is 15.2 Å². The monoisotopic (exact) mass is 618 g/mol. The van der Waals surface area contributed by atoms with Gasteiger partial charge in [0.05, 0.1) is 12.1 Å². The van der Waals surface area contributed by atoms with Crippen LogP contribution in [-0.4, -0.2) is 53.1 Å². The smallest absolute Gasteiger partial charge is 0.352 e. The second-order valence-corrected chi connectivity index (χ2v) is 9.32. The van der Waals surface area contributed by atoms with Gasteiger partial charge in [0, 0.05) is 42.7 Å². The fraction of sp³-hybridized carbons (Fsp3) is 0.290. The number of aliphatic hydroxyl groups is 2. The van der Waals surface area contributed by atoms with Crippen LogP contribution >= 0.6 is 24.8 Å². The van der Waals surface area contributed by atoms with Gasteiger partial charge in [-0.15, -0.1) is 24.8 Å². The van der Waals surface area contributed by atoms with E-state index in [1.54, 1.807) is 18.2 Å². The maximum Gasteiger partial charge on any atom is 0.352 e. The minimum absolute atomic E-state index is 0. The van der Waals surface area contributed by atoms with Gasteiger partial charge in [0.15, 0.2) is 5.75 Å². The Bertz CT molecular complexity index is 1390. The number of carbonyl (C=O) groups excluding carboxylic acids is 1. The first-order valence-corrected chi connectivity index (χ1v) is 13.2.